The van der Waals surface area contributed by atoms with Crippen LogP contribution in [0.5, 0.6) is 0 Å². The fourth-order valence-electron chi connectivity index (χ4n) is 2.88. The van der Waals surface area contributed by atoms with Gasteiger partial charge in [0.1, 0.15) is 0 Å². The van der Waals surface area contributed by atoms with Crippen LogP contribution in [0.4, 0.5) is 0 Å². The van der Waals surface area contributed by atoms with Crippen LogP contribution < -0.4 is 11.1 Å². The largest absolute Gasteiger partial charge is 0.366 e. The molecule has 0 aromatic heterocycles. The van der Waals surface area contributed by atoms with E-state index in [-0.39, 0.29) is 17.7 Å². The van der Waals surface area contributed by atoms with Gasteiger partial charge in [0.2, 0.25) is 11.8 Å². The Bertz CT molecular complexity index is 647. The van der Waals surface area contributed by atoms with Crippen molar-refractivity contribution in [2.75, 3.05) is 19.6 Å². The van der Waals surface area contributed by atoms with Crippen molar-refractivity contribution in [1.82, 2.24) is 10.2 Å². The molecular weight excluding hydrogens is 318 g/mol. The van der Waals surface area contributed by atoms with E-state index < -0.39 is 11.3 Å². The lowest BCUT2D eigenvalue weighted by Gasteiger charge is -2.33. The molecule has 136 valence electrons. The number of hydrogen-bond donors (Lipinski definition) is 2. The lowest BCUT2D eigenvalue weighted by atomic mass is 9.93. The maximum absolute atomic E-state index is 12.6. The predicted octanol–water partition coefficient (Wildman–Crippen LogP) is 1.80. The number of carbonyl (C=O) groups excluding carboxylic acids is 3. The number of piperidine rings is 1. The third-order valence-electron chi connectivity index (χ3n) is 4.46. The number of carbonyl (C=O) groups is 3. The number of likely N-dealkylation sites (tertiary alicyclic amines) is 1. The zero-order chi connectivity index (χ0) is 18.6. The van der Waals surface area contributed by atoms with Gasteiger partial charge in [0.15, 0.2) is 0 Å². The van der Waals surface area contributed by atoms with E-state index in [0.29, 0.717) is 30.8 Å². The molecule has 1 saturated heterocycles. The predicted molar refractivity (Wildman–Crippen MR) is 96.1 cm³/mol. The van der Waals surface area contributed by atoms with E-state index in [1.807, 2.05) is 25.7 Å². The summed E-state index contributed by atoms with van der Waals surface area (Å²) in [7, 11) is 0. The van der Waals surface area contributed by atoms with Gasteiger partial charge in [0.25, 0.3) is 5.91 Å². The van der Waals surface area contributed by atoms with Gasteiger partial charge in [-0.05, 0) is 43.0 Å². The minimum atomic E-state index is -0.508. The topological polar surface area (TPSA) is 92.5 Å². The minimum absolute atomic E-state index is 0.0259. The average Bonchev–Trinajstić information content (AvgIpc) is 2.58. The summed E-state index contributed by atoms with van der Waals surface area (Å²) in [5.74, 6) is -0.277. The number of nitrogens with one attached hydrogen (secondary N) is 1. The van der Waals surface area contributed by atoms with Gasteiger partial charge in [0, 0.05) is 36.2 Å². The number of nitrogens with zero attached hydrogens (tertiary/aromatic N) is 1. The second-order valence-electron chi connectivity index (χ2n) is 7.66. The molecule has 0 aliphatic carbocycles. The van der Waals surface area contributed by atoms with Crippen LogP contribution in [0.15, 0.2) is 24.3 Å². The maximum Gasteiger partial charge on any atom is 0.253 e. The van der Waals surface area contributed by atoms with E-state index in [2.05, 4.69) is 5.32 Å². The molecule has 3 amide bonds. The molecule has 6 nitrogen and oxygen atoms in total. The maximum atomic E-state index is 12.6. The molecule has 1 heterocycles. The molecule has 25 heavy (non-hydrogen) atoms. The van der Waals surface area contributed by atoms with Gasteiger partial charge < -0.3 is 16.0 Å². The molecule has 2 rings (SSSR count). The first kappa shape index (κ1) is 19.0. The summed E-state index contributed by atoms with van der Waals surface area (Å²) in [4.78, 5) is 37.6. The van der Waals surface area contributed by atoms with E-state index in [9.17, 15) is 14.4 Å². The fourth-order valence-corrected chi connectivity index (χ4v) is 2.88. The average molecular weight is 345 g/mol. The molecule has 1 unspecified atom stereocenters. The van der Waals surface area contributed by atoms with E-state index in [0.717, 1.165) is 12.8 Å². The first-order chi connectivity index (χ1) is 11.7. The van der Waals surface area contributed by atoms with Crippen molar-refractivity contribution in [2.45, 2.75) is 33.6 Å². The zero-order valence-corrected chi connectivity index (χ0v) is 15.2. The Labute approximate surface area is 148 Å². The Morgan fingerprint density at radius 3 is 2.32 bits per heavy atom. The summed E-state index contributed by atoms with van der Waals surface area (Å²) in [5.41, 5.74) is 5.74. The molecule has 1 aliphatic rings. The number of benzene rings is 1. The molecule has 0 saturated carbocycles. The fraction of sp³-hybridized carbons (Fsp3) is 0.526. The van der Waals surface area contributed by atoms with Crippen molar-refractivity contribution in [3.63, 3.8) is 0 Å². The zero-order valence-electron chi connectivity index (χ0n) is 15.2. The number of primary amides is 1. The molecular formula is C19H27N3O3. The second-order valence-corrected chi connectivity index (χ2v) is 7.66. The van der Waals surface area contributed by atoms with Gasteiger partial charge in [0.05, 0.1) is 0 Å². The van der Waals surface area contributed by atoms with Crippen molar-refractivity contribution in [1.29, 1.82) is 0 Å². The van der Waals surface area contributed by atoms with Crippen molar-refractivity contribution >= 4 is 17.7 Å². The minimum Gasteiger partial charge on any atom is -0.366 e. The van der Waals surface area contributed by atoms with Crippen molar-refractivity contribution in [3.8, 4) is 0 Å². The summed E-state index contributed by atoms with van der Waals surface area (Å²) in [6.07, 6.45) is 1.91. The molecule has 0 radical (unpaired) electrons. The molecule has 3 N–H and O–H groups in total. The lowest BCUT2D eigenvalue weighted by molar-refractivity contribution is -0.128. The highest BCUT2D eigenvalue weighted by molar-refractivity contribution is 5.97. The van der Waals surface area contributed by atoms with Gasteiger partial charge in [-0.3, -0.25) is 14.4 Å². The van der Waals surface area contributed by atoms with Crippen LogP contribution in [-0.2, 0) is 4.79 Å². The quantitative estimate of drug-likeness (QED) is 0.871. The Morgan fingerprint density at radius 1 is 1.16 bits per heavy atom. The Morgan fingerprint density at radius 2 is 1.76 bits per heavy atom. The molecule has 1 atom stereocenters. The smallest absolute Gasteiger partial charge is 0.253 e. The normalized spacial score (nSPS) is 17.9. The highest BCUT2D eigenvalue weighted by Gasteiger charge is 2.27. The third kappa shape index (κ3) is 5.05. The summed E-state index contributed by atoms with van der Waals surface area (Å²) in [6, 6.07) is 6.40. The van der Waals surface area contributed by atoms with Crippen molar-refractivity contribution in [2.24, 2.45) is 17.1 Å². The van der Waals surface area contributed by atoms with Crippen molar-refractivity contribution in [3.05, 3.63) is 35.4 Å². The van der Waals surface area contributed by atoms with E-state index in [1.54, 1.807) is 24.3 Å². The first-order valence-electron chi connectivity index (χ1n) is 8.66. The van der Waals surface area contributed by atoms with E-state index in [1.165, 1.54) is 0 Å². The number of hydrogen-bond acceptors (Lipinski definition) is 3. The highest BCUT2D eigenvalue weighted by Crippen LogP contribution is 2.19. The molecule has 6 heteroatoms. The first-order valence-corrected chi connectivity index (χ1v) is 8.66. The lowest BCUT2D eigenvalue weighted by Crippen LogP contribution is -2.45. The SMILES string of the molecule is CC(C)(C)C(=O)NCC1CCCN(C(=O)c2ccc(C(N)=O)cc2)C1. The van der Waals surface area contributed by atoms with Gasteiger partial charge >= 0.3 is 0 Å². The van der Waals surface area contributed by atoms with Gasteiger partial charge in [-0.15, -0.1) is 0 Å². The summed E-state index contributed by atoms with van der Waals surface area (Å²) in [5, 5.41) is 2.98. The van der Waals surface area contributed by atoms with E-state index >= 15 is 0 Å². The Hall–Kier alpha value is -2.37. The molecule has 0 bridgehead atoms. The molecule has 0 spiro atoms. The summed E-state index contributed by atoms with van der Waals surface area (Å²) < 4.78 is 0. The second kappa shape index (κ2) is 7.68. The summed E-state index contributed by atoms with van der Waals surface area (Å²) in [6.45, 7) is 7.57. The number of amides is 3. The van der Waals surface area contributed by atoms with Gasteiger partial charge in [-0.25, -0.2) is 0 Å². The van der Waals surface area contributed by atoms with Crippen LogP contribution >= 0.6 is 0 Å². The number of nitrogens with two attached hydrogens (primary N) is 1. The molecule has 1 aromatic carbocycles. The monoisotopic (exact) mass is 345 g/mol. The molecule has 1 aliphatic heterocycles. The van der Waals surface area contributed by atoms with Gasteiger partial charge in [-0.1, -0.05) is 20.8 Å². The van der Waals surface area contributed by atoms with Crippen LogP contribution in [0.3, 0.4) is 0 Å². The standard InChI is InChI=1S/C19H27N3O3/c1-19(2,3)18(25)21-11-13-5-4-10-22(12-13)17(24)15-8-6-14(7-9-15)16(20)23/h6-9,13H,4-5,10-12H2,1-3H3,(H2,20,23)(H,21,25). The van der Waals surface area contributed by atoms with Crippen LogP contribution in [0.1, 0.15) is 54.3 Å². The highest BCUT2D eigenvalue weighted by atomic mass is 16.2. The van der Waals surface area contributed by atoms with Crippen LogP contribution in [-0.4, -0.2) is 42.3 Å². The number of rotatable bonds is 4. The van der Waals surface area contributed by atoms with Crippen LogP contribution in [0, 0.1) is 11.3 Å². The molecule has 1 fully saturated rings. The third-order valence-corrected chi connectivity index (χ3v) is 4.46. The Kier molecular flexibility index (Phi) is 5.82. The summed E-state index contributed by atoms with van der Waals surface area (Å²) >= 11 is 0. The van der Waals surface area contributed by atoms with Crippen molar-refractivity contribution < 1.29 is 14.4 Å². The van der Waals surface area contributed by atoms with Gasteiger partial charge in [-0.2, -0.15) is 0 Å². The van der Waals surface area contributed by atoms with E-state index in [4.69, 9.17) is 5.73 Å². The molecule has 1 aromatic rings. The Balaban J connectivity index is 1.94. The van der Waals surface area contributed by atoms with Crippen LogP contribution in [0.2, 0.25) is 0 Å². The van der Waals surface area contributed by atoms with Crippen LogP contribution in [0.25, 0.3) is 0 Å².